The summed E-state index contributed by atoms with van der Waals surface area (Å²) in [7, 11) is 0. The predicted molar refractivity (Wildman–Crippen MR) is 107 cm³/mol. The molecule has 0 saturated heterocycles. The van der Waals surface area contributed by atoms with Gasteiger partial charge in [-0.2, -0.15) is 18.4 Å². The smallest absolute Gasteiger partial charge is 0.328 e. The summed E-state index contributed by atoms with van der Waals surface area (Å²) >= 11 is 12.1. The van der Waals surface area contributed by atoms with Crippen LogP contribution in [0.3, 0.4) is 0 Å². The van der Waals surface area contributed by atoms with E-state index in [9.17, 15) is 22.4 Å². The number of alkyl halides is 5. The summed E-state index contributed by atoms with van der Waals surface area (Å²) in [5.41, 5.74) is -1.10. The van der Waals surface area contributed by atoms with Crippen molar-refractivity contribution < 1.29 is 22.4 Å². The minimum Gasteiger partial charge on any atom is -0.328 e. The Morgan fingerprint density at radius 1 is 1.26 bits per heavy atom. The lowest BCUT2D eigenvalue weighted by atomic mass is 10.2. The summed E-state index contributed by atoms with van der Waals surface area (Å²) in [5.74, 6) is -1.69. The Balaban J connectivity index is 2.27. The second kappa shape index (κ2) is 9.80. The summed E-state index contributed by atoms with van der Waals surface area (Å²) in [6, 6.07) is 6.59. The molecular weight excluding hydrogens is 463 g/mol. The Hall–Kier alpha value is -3.10. The van der Waals surface area contributed by atoms with Gasteiger partial charge >= 0.3 is 6.18 Å². The number of anilines is 1. The fourth-order valence-electron chi connectivity index (χ4n) is 2.16. The zero-order valence-corrected chi connectivity index (χ0v) is 17.1. The number of amides is 1. The highest BCUT2D eigenvalue weighted by Crippen LogP contribution is 2.28. The Kier molecular flexibility index (Phi) is 7.65. The molecule has 0 radical (unpaired) electrons. The van der Waals surface area contributed by atoms with Gasteiger partial charge in [-0.3, -0.25) is 10.1 Å². The van der Waals surface area contributed by atoms with E-state index in [0.29, 0.717) is 0 Å². The second-order valence-corrected chi connectivity index (χ2v) is 7.88. The molecule has 2 rings (SSSR count). The SMILES string of the molecule is CC(Cl)(Cl)C(/N=C(\NC#N)Nc1ccc(C(F)(F)F)nc1)NC(=O)c1cccc(F)c1. The van der Waals surface area contributed by atoms with Crippen LogP contribution in [0.2, 0.25) is 0 Å². The van der Waals surface area contributed by atoms with E-state index in [4.69, 9.17) is 28.5 Å². The predicted octanol–water partition coefficient (Wildman–Crippen LogP) is 4.03. The highest BCUT2D eigenvalue weighted by atomic mass is 35.5. The van der Waals surface area contributed by atoms with Crippen molar-refractivity contribution >= 4 is 40.8 Å². The maximum absolute atomic E-state index is 13.4. The Morgan fingerprint density at radius 3 is 2.48 bits per heavy atom. The molecule has 1 heterocycles. The van der Waals surface area contributed by atoms with Gasteiger partial charge in [0.15, 0.2) is 16.7 Å². The standard InChI is InChI=1S/C18H14Cl2F4N6O/c1-17(19,20)15(29-14(31)10-3-2-4-11(21)7-10)30-16(27-9-25)28-12-5-6-13(26-8-12)18(22,23)24/h2-8,15H,1H3,(H,29,31)(H2,27,28,30). The van der Waals surface area contributed by atoms with Crippen LogP contribution < -0.4 is 16.0 Å². The molecule has 1 aromatic heterocycles. The normalized spacial score (nSPS) is 13.2. The number of guanidine groups is 1. The monoisotopic (exact) mass is 476 g/mol. The van der Waals surface area contributed by atoms with Crippen LogP contribution in [0.15, 0.2) is 47.6 Å². The summed E-state index contributed by atoms with van der Waals surface area (Å²) in [4.78, 5) is 19.7. The molecule has 0 aliphatic rings. The molecule has 164 valence electrons. The molecule has 1 atom stereocenters. The van der Waals surface area contributed by atoms with Gasteiger partial charge in [-0.25, -0.2) is 14.4 Å². The molecule has 0 aliphatic carbocycles. The third-order valence-corrected chi connectivity index (χ3v) is 4.00. The van der Waals surface area contributed by atoms with Crippen molar-refractivity contribution in [3.8, 4) is 6.19 Å². The first-order chi connectivity index (χ1) is 14.4. The van der Waals surface area contributed by atoms with E-state index in [2.05, 4.69) is 25.9 Å². The van der Waals surface area contributed by atoms with Crippen LogP contribution in [0.4, 0.5) is 23.2 Å². The minimum atomic E-state index is -4.62. The third-order valence-electron chi connectivity index (χ3n) is 3.58. The summed E-state index contributed by atoms with van der Waals surface area (Å²) < 4.78 is 49.6. The van der Waals surface area contributed by atoms with E-state index < -0.39 is 34.1 Å². The van der Waals surface area contributed by atoms with Gasteiger partial charge < -0.3 is 10.6 Å². The molecule has 1 amide bonds. The number of nitrogens with zero attached hydrogens (tertiary/aromatic N) is 3. The maximum atomic E-state index is 13.4. The number of rotatable bonds is 5. The molecule has 7 nitrogen and oxygen atoms in total. The Labute approximate surface area is 184 Å². The Bertz CT molecular complexity index is 1000. The highest BCUT2D eigenvalue weighted by Gasteiger charge is 2.33. The number of carbonyl (C=O) groups is 1. The van der Waals surface area contributed by atoms with Crippen molar-refractivity contribution in [2.75, 3.05) is 5.32 Å². The number of nitrogens with one attached hydrogen (secondary N) is 3. The summed E-state index contributed by atoms with van der Waals surface area (Å²) in [5, 5.41) is 16.0. The summed E-state index contributed by atoms with van der Waals surface area (Å²) in [6.07, 6.45) is -3.51. The van der Waals surface area contributed by atoms with Crippen LogP contribution in [0.5, 0.6) is 0 Å². The fraction of sp³-hybridized carbons (Fsp3) is 0.222. The number of aliphatic imine (C=N–C) groups is 1. The quantitative estimate of drug-likeness (QED) is 0.151. The number of pyridine rings is 1. The molecule has 0 fully saturated rings. The maximum Gasteiger partial charge on any atom is 0.433 e. The molecule has 31 heavy (non-hydrogen) atoms. The number of aromatic nitrogens is 1. The van der Waals surface area contributed by atoms with Gasteiger partial charge in [-0.1, -0.05) is 29.3 Å². The van der Waals surface area contributed by atoms with Crippen LogP contribution >= 0.6 is 23.2 Å². The van der Waals surface area contributed by atoms with Crippen molar-refractivity contribution in [2.45, 2.75) is 23.6 Å². The van der Waals surface area contributed by atoms with Crippen molar-refractivity contribution in [3.05, 3.63) is 59.7 Å². The van der Waals surface area contributed by atoms with E-state index in [0.717, 1.165) is 30.5 Å². The molecule has 13 heteroatoms. The molecular formula is C18H14Cl2F4N6O. The summed E-state index contributed by atoms with van der Waals surface area (Å²) in [6.45, 7) is 1.31. The van der Waals surface area contributed by atoms with Gasteiger partial charge in [-0.05, 0) is 37.3 Å². The van der Waals surface area contributed by atoms with Crippen molar-refractivity contribution in [1.29, 1.82) is 5.26 Å². The lowest BCUT2D eigenvalue weighted by Gasteiger charge is -2.25. The van der Waals surface area contributed by atoms with Crippen molar-refractivity contribution in [3.63, 3.8) is 0 Å². The molecule has 0 saturated carbocycles. The minimum absolute atomic E-state index is 0.0347. The highest BCUT2D eigenvalue weighted by molar-refractivity contribution is 6.48. The molecule has 1 unspecified atom stereocenters. The molecule has 0 aliphatic heterocycles. The lowest BCUT2D eigenvalue weighted by molar-refractivity contribution is -0.141. The number of hydrogen-bond donors (Lipinski definition) is 3. The second-order valence-electron chi connectivity index (χ2n) is 6.11. The third kappa shape index (κ3) is 7.27. The van der Waals surface area contributed by atoms with Gasteiger partial charge in [0.05, 0.1) is 11.9 Å². The van der Waals surface area contributed by atoms with Gasteiger partial charge in [-0.15, -0.1) is 0 Å². The first kappa shape index (κ1) is 24.2. The lowest BCUT2D eigenvalue weighted by Crippen LogP contribution is -2.45. The average molecular weight is 477 g/mol. The molecule has 2 aromatic rings. The zero-order chi connectivity index (χ0) is 23.2. The number of benzene rings is 1. The number of nitriles is 1. The van der Waals surface area contributed by atoms with Crippen LogP contribution in [-0.2, 0) is 6.18 Å². The van der Waals surface area contributed by atoms with Crippen LogP contribution in [0, 0.1) is 17.3 Å². The molecule has 1 aromatic carbocycles. The van der Waals surface area contributed by atoms with E-state index >= 15 is 0 Å². The Morgan fingerprint density at radius 2 is 1.97 bits per heavy atom. The number of halogens is 6. The van der Waals surface area contributed by atoms with E-state index in [1.54, 1.807) is 6.19 Å². The molecule has 0 spiro atoms. The first-order valence-electron chi connectivity index (χ1n) is 8.37. The fourth-order valence-corrected chi connectivity index (χ4v) is 2.37. The van der Waals surface area contributed by atoms with E-state index in [-0.39, 0.29) is 17.2 Å². The average Bonchev–Trinajstić information content (AvgIpc) is 2.66. The topological polar surface area (TPSA) is 102 Å². The molecule has 3 N–H and O–H groups in total. The number of carbonyl (C=O) groups excluding carboxylic acids is 1. The van der Waals surface area contributed by atoms with E-state index in [1.165, 1.54) is 19.1 Å². The van der Waals surface area contributed by atoms with Crippen molar-refractivity contribution in [2.24, 2.45) is 4.99 Å². The van der Waals surface area contributed by atoms with Crippen molar-refractivity contribution in [1.82, 2.24) is 15.6 Å². The zero-order valence-electron chi connectivity index (χ0n) is 15.6. The van der Waals surface area contributed by atoms with Crippen LogP contribution in [-0.4, -0.2) is 27.3 Å². The van der Waals surface area contributed by atoms with Gasteiger partial charge in [0.25, 0.3) is 5.91 Å². The van der Waals surface area contributed by atoms with E-state index in [1.807, 2.05) is 0 Å². The first-order valence-corrected chi connectivity index (χ1v) is 9.13. The van der Waals surface area contributed by atoms with Crippen LogP contribution in [0.25, 0.3) is 0 Å². The van der Waals surface area contributed by atoms with Gasteiger partial charge in [0, 0.05) is 5.56 Å². The number of hydrogen-bond acceptors (Lipinski definition) is 4. The van der Waals surface area contributed by atoms with Gasteiger partial charge in [0.2, 0.25) is 5.96 Å². The largest absolute Gasteiger partial charge is 0.433 e. The van der Waals surface area contributed by atoms with Crippen LogP contribution in [0.1, 0.15) is 23.0 Å². The van der Waals surface area contributed by atoms with Gasteiger partial charge in [0.1, 0.15) is 11.5 Å². The molecule has 0 bridgehead atoms.